The van der Waals surface area contributed by atoms with Crippen LogP contribution in [0.2, 0.25) is 0 Å². The average molecular weight is 477 g/mol. The van der Waals surface area contributed by atoms with Gasteiger partial charge in [0.15, 0.2) is 11.5 Å². The molecule has 9 nitrogen and oxygen atoms in total. The standard InChI is InChI=1S/C23H28N2O7S/c1-5-32-21-11-16(9-10-20(21)30-3)19(13-33(4,28)29)25-14-31-12-17-7-6-8-18(24-15(2)26)22(17)23(25)27/h6-11,19H,5,12-14H2,1-4H3,(H,24,26)/t19-/m1/s1. The molecule has 0 fully saturated rings. The molecule has 178 valence electrons. The van der Waals surface area contributed by atoms with E-state index in [2.05, 4.69) is 5.32 Å². The molecule has 3 rings (SSSR count). The second-order valence-electron chi connectivity index (χ2n) is 7.72. The summed E-state index contributed by atoms with van der Waals surface area (Å²) in [5.74, 6) is -0.141. The first-order valence-corrected chi connectivity index (χ1v) is 12.5. The van der Waals surface area contributed by atoms with Crippen molar-refractivity contribution in [3.05, 3.63) is 53.1 Å². The molecule has 0 saturated heterocycles. The second kappa shape index (κ2) is 10.2. The van der Waals surface area contributed by atoms with Crippen LogP contribution in [-0.4, -0.2) is 57.6 Å². The lowest BCUT2D eigenvalue weighted by molar-refractivity contribution is -0.114. The highest BCUT2D eigenvalue weighted by Crippen LogP contribution is 2.35. The van der Waals surface area contributed by atoms with Crippen LogP contribution in [0, 0.1) is 0 Å². The number of nitrogens with one attached hydrogen (secondary N) is 1. The molecule has 1 atom stereocenters. The summed E-state index contributed by atoms with van der Waals surface area (Å²) in [5.41, 5.74) is 1.80. The number of anilines is 1. The summed E-state index contributed by atoms with van der Waals surface area (Å²) in [6.07, 6.45) is 1.12. The first-order chi connectivity index (χ1) is 15.6. The Labute approximate surface area is 193 Å². The number of ether oxygens (including phenoxy) is 3. The highest BCUT2D eigenvalue weighted by Gasteiger charge is 2.34. The molecule has 1 heterocycles. The quantitative estimate of drug-likeness (QED) is 0.624. The van der Waals surface area contributed by atoms with Crippen molar-refractivity contribution in [2.24, 2.45) is 0 Å². The van der Waals surface area contributed by atoms with Crippen molar-refractivity contribution in [1.82, 2.24) is 4.90 Å². The van der Waals surface area contributed by atoms with E-state index >= 15 is 0 Å². The third-order valence-corrected chi connectivity index (χ3v) is 6.05. The Morgan fingerprint density at radius 2 is 2.00 bits per heavy atom. The zero-order valence-electron chi connectivity index (χ0n) is 19.1. The summed E-state index contributed by atoms with van der Waals surface area (Å²) < 4.78 is 41.4. The topological polar surface area (TPSA) is 111 Å². The van der Waals surface area contributed by atoms with Gasteiger partial charge in [0.1, 0.15) is 16.6 Å². The molecule has 2 aromatic carbocycles. The van der Waals surface area contributed by atoms with Gasteiger partial charge in [-0.3, -0.25) is 9.59 Å². The molecule has 1 aliphatic rings. The number of amides is 2. The maximum Gasteiger partial charge on any atom is 0.258 e. The van der Waals surface area contributed by atoms with Crippen LogP contribution < -0.4 is 14.8 Å². The highest BCUT2D eigenvalue weighted by molar-refractivity contribution is 7.90. The van der Waals surface area contributed by atoms with Crippen LogP contribution >= 0.6 is 0 Å². The maximum atomic E-state index is 13.7. The zero-order chi connectivity index (χ0) is 24.2. The number of rotatable bonds is 8. The monoisotopic (exact) mass is 476 g/mol. The zero-order valence-corrected chi connectivity index (χ0v) is 19.9. The molecular weight excluding hydrogens is 448 g/mol. The minimum atomic E-state index is -3.49. The van der Waals surface area contributed by atoms with Gasteiger partial charge in [-0.05, 0) is 36.2 Å². The van der Waals surface area contributed by atoms with Gasteiger partial charge in [-0.25, -0.2) is 8.42 Å². The van der Waals surface area contributed by atoms with E-state index in [1.165, 1.54) is 18.9 Å². The molecule has 0 aromatic heterocycles. The Morgan fingerprint density at radius 1 is 1.24 bits per heavy atom. The molecular formula is C23H28N2O7S. The normalized spacial score (nSPS) is 14.8. The number of fused-ring (bicyclic) bond motifs is 1. The van der Waals surface area contributed by atoms with Crippen LogP contribution in [0.4, 0.5) is 5.69 Å². The Bertz CT molecular complexity index is 1150. The van der Waals surface area contributed by atoms with E-state index < -0.39 is 21.8 Å². The smallest absolute Gasteiger partial charge is 0.258 e. The number of hydrogen-bond acceptors (Lipinski definition) is 7. The second-order valence-corrected chi connectivity index (χ2v) is 9.91. The van der Waals surface area contributed by atoms with Gasteiger partial charge < -0.3 is 24.4 Å². The van der Waals surface area contributed by atoms with Crippen LogP contribution in [0.15, 0.2) is 36.4 Å². The lowest BCUT2D eigenvalue weighted by atomic mass is 10.0. The number of methoxy groups -OCH3 is 1. The summed E-state index contributed by atoms with van der Waals surface area (Å²) in [6, 6.07) is 9.31. The van der Waals surface area contributed by atoms with Crippen molar-refractivity contribution in [3.8, 4) is 11.5 Å². The number of hydrogen-bond donors (Lipinski definition) is 1. The number of sulfone groups is 1. The molecule has 0 spiro atoms. The predicted octanol–water partition coefficient (Wildman–Crippen LogP) is 2.77. The molecule has 0 unspecified atom stereocenters. The van der Waals surface area contributed by atoms with E-state index in [4.69, 9.17) is 14.2 Å². The molecule has 0 bridgehead atoms. The first-order valence-electron chi connectivity index (χ1n) is 10.4. The molecule has 0 saturated carbocycles. The van der Waals surface area contributed by atoms with Gasteiger partial charge in [0, 0.05) is 13.2 Å². The Morgan fingerprint density at radius 3 is 2.64 bits per heavy atom. The van der Waals surface area contributed by atoms with Crippen molar-refractivity contribution in [1.29, 1.82) is 0 Å². The molecule has 1 N–H and O–H groups in total. The summed E-state index contributed by atoms with van der Waals surface area (Å²) >= 11 is 0. The third kappa shape index (κ3) is 5.82. The third-order valence-electron chi connectivity index (χ3n) is 5.13. The molecule has 1 aliphatic heterocycles. The summed E-state index contributed by atoms with van der Waals surface area (Å²) in [4.78, 5) is 26.8. The van der Waals surface area contributed by atoms with E-state index in [1.807, 2.05) is 6.92 Å². The fraction of sp³-hybridized carbons (Fsp3) is 0.391. The number of benzene rings is 2. The summed E-state index contributed by atoms with van der Waals surface area (Å²) in [6.45, 7) is 3.59. The SMILES string of the molecule is CCOc1cc([C@@H](CS(C)(=O)=O)N2COCc3cccc(NC(C)=O)c3C2=O)ccc1OC. The van der Waals surface area contributed by atoms with E-state index in [1.54, 1.807) is 36.4 Å². The van der Waals surface area contributed by atoms with Gasteiger partial charge in [-0.2, -0.15) is 0 Å². The Hall–Kier alpha value is -3.11. The Kier molecular flexibility index (Phi) is 7.60. The first kappa shape index (κ1) is 24.5. The minimum Gasteiger partial charge on any atom is -0.493 e. The number of nitrogens with zero attached hydrogens (tertiary/aromatic N) is 1. The van der Waals surface area contributed by atoms with E-state index in [9.17, 15) is 18.0 Å². The fourth-order valence-electron chi connectivity index (χ4n) is 3.78. The molecule has 2 amide bonds. The van der Waals surface area contributed by atoms with Crippen molar-refractivity contribution in [2.45, 2.75) is 26.5 Å². The molecule has 2 aromatic rings. The fourth-order valence-corrected chi connectivity index (χ4v) is 4.72. The molecule has 0 aliphatic carbocycles. The minimum absolute atomic E-state index is 0.122. The van der Waals surface area contributed by atoms with Crippen molar-refractivity contribution >= 4 is 27.3 Å². The van der Waals surface area contributed by atoms with E-state index in [0.717, 1.165) is 6.26 Å². The summed E-state index contributed by atoms with van der Waals surface area (Å²) in [7, 11) is -1.98. The van der Waals surface area contributed by atoms with Gasteiger partial charge in [0.2, 0.25) is 5.91 Å². The Balaban J connectivity index is 2.11. The van der Waals surface area contributed by atoms with Crippen LogP contribution in [0.3, 0.4) is 0 Å². The van der Waals surface area contributed by atoms with E-state index in [-0.39, 0.29) is 30.6 Å². The van der Waals surface area contributed by atoms with Crippen molar-refractivity contribution in [2.75, 3.05) is 37.8 Å². The van der Waals surface area contributed by atoms with Crippen molar-refractivity contribution < 1.29 is 32.2 Å². The molecule has 10 heteroatoms. The number of carbonyl (C=O) groups excluding carboxylic acids is 2. The largest absolute Gasteiger partial charge is 0.493 e. The van der Waals surface area contributed by atoms with Crippen LogP contribution in [0.1, 0.15) is 41.4 Å². The van der Waals surface area contributed by atoms with Crippen LogP contribution in [0.5, 0.6) is 11.5 Å². The number of carbonyl (C=O) groups is 2. The predicted molar refractivity (Wildman–Crippen MR) is 123 cm³/mol. The van der Waals surface area contributed by atoms with Gasteiger partial charge in [0.05, 0.1) is 43.4 Å². The summed E-state index contributed by atoms with van der Waals surface area (Å²) in [5, 5.41) is 2.68. The van der Waals surface area contributed by atoms with E-state index in [0.29, 0.717) is 34.9 Å². The van der Waals surface area contributed by atoms with Crippen LogP contribution in [-0.2, 0) is 26.0 Å². The van der Waals surface area contributed by atoms with Gasteiger partial charge in [0.25, 0.3) is 5.91 Å². The van der Waals surface area contributed by atoms with Gasteiger partial charge in [-0.1, -0.05) is 18.2 Å². The van der Waals surface area contributed by atoms with Gasteiger partial charge in [-0.15, -0.1) is 0 Å². The maximum absolute atomic E-state index is 13.7. The highest BCUT2D eigenvalue weighted by atomic mass is 32.2. The lowest BCUT2D eigenvalue weighted by Crippen LogP contribution is -2.39. The van der Waals surface area contributed by atoms with Crippen LogP contribution in [0.25, 0.3) is 0 Å². The lowest BCUT2D eigenvalue weighted by Gasteiger charge is -2.31. The molecule has 33 heavy (non-hydrogen) atoms. The van der Waals surface area contributed by atoms with Gasteiger partial charge >= 0.3 is 0 Å². The molecule has 0 radical (unpaired) electrons. The average Bonchev–Trinajstić information content (AvgIpc) is 2.91. The van der Waals surface area contributed by atoms with Crippen molar-refractivity contribution in [3.63, 3.8) is 0 Å².